The maximum Gasteiger partial charge on any atom is 0.416 e. The molecule has 3 rings (SSSR count). The van der Waals surface area contributed by atoms with E-state index in [1.807, 2.05) is 0 Å². The van der Waals surface area contributed by atoms with Crippen molar-refractivity contribution in [1.82, 2.24) is 5.32 Å². The highest BCUT2D eigenvalue weighted by Crippen LogP contribution is 2.39. The first-order valence-corrected chi connectivity index (χ1v) is 13.8. The summed E-state index contributed by atoms with van der Waals surface area (Å²) in [6.07, 6.45) is -5.68. The van der Waals surface area contributed by atoms with Crippen molar-refractivity contribution in [1.29, 1.82) is 0 Å². The fourth-order valence-electron chi connectivity index (χ4n) is 4.39. The molecule has 0 spiro atoms. The number of alkyl halides is 6. The van der Waals surface area contributed by atoms with E-state index in [1.54, 1.807) is 24.3 Å². The van der Waals surface area contributed by atoms with Crippen LogP contribution in [0.15, 0.2) is 66.7 Å². The molecule has 0 aliphatic heterocycles. The second-order valence-electron chi connectivity index (χ2n) is 9.98. The number of nitrogens with one attached hydrogen (secondary N) is 1. The van der Waals surface area contributed by atoms with E-state index in [1.165, 1.54) is 31.4 Å². The summed E-state index contributed by atoms with van der Waals surface area (Å²) in [5.74, 6) is -0.403. The summed E-state index contributed by atoms with van der Waals surface area (Å²) in [4.78, 5) is 23.7. The van der Waals surface area contributed by atoms with Gasteiger partial charge in [-0.1, -0.05) is 50.5 Å². The molecular formula is C32H33F6NO4. The first kappa shape index (κ1) is 33.5. The van der Waals surface area contributed by atoms with E-state index in [0.717, 1.165) is 31.2 Å². The first-order chi connectivity index (χ1) is 20.3. The lowest BCUT2D eigenvalue weighted by Crippen LogP contribution is -2.26. The molecule has 0 bridgehead atoms. The first-order valence-electron chi connectivity index (χ1n) is 13.8. The number of unbranched alkanes of at least 4 members (excludes halogenated alkanes) is 3. The Morgan fingerprint density at radius 1 is 0.791 bits per heavy atom. The third-order valence-electron chi connectivity index (χ3n) is 6.76. The standard InChI is InChI=1S/C32H33F6NO4/c1-3-4-5-6-7-28(22-8-10-23(11-9-22)30(41)39-17-16-29(40)42-2)43-27-14-12-21(13-15-27)24-18-25(31(33,34)35)20-26(19-24)32(36,37)38/h8-15,18-20,28H,3-7,16-17H2,1-2H3,(H,39,41). The number of carbonyl (C=O) groups excluding carboxylic acids is 2. The number of esters is 1. The molecule has 11 heteroatoms. The van der Waals surface area contributed by atoms with Crippen molar-refractivity contribution in [2.24, 2.45) is 0 Å². The maximum atomic E-state index is 13.3. The highest BCUT2D eigenvalue weighted by Gasteiger charge is 2.37. The lowest BCUT2D eigenvalue weighted by atomic mass is 9.99. The Kier molecular flexibility index (Phi) is 11.6. The molecule has 5 nitrogen and oxygen atoms in total. The number of methoxy groups -OCH3 is 1. The lowest BCUT2D eigenvalue weighted by Gasteiger charge is -2.20. The molecule has 0 aromatic heterocycles. The number of amides is 1. The van der Waals surface area contributed by atoms with Crippen molar-refractivity contribution in [2.45, 2.75) is 63.9 Å². The average molecular weight is 610 g/mol. The van der Waals surface area contributed by atoms with Crippen LogP contribution in [-0.4, -0.2) is 25.5 Å². The van der Waals surface area contributed by atoms with Crippen LogP contribution >= 0.6 is 0 Å². The van der Waals surface area contributed by atoms with E-state index in [0.29, 0.717) is 29.9 Å². The molecule has 232 valence electrons. The van der Waals surface area contributed by atoms with Crippen molar-refractivity contribution in [3.63, 3.8) is 0 Å². The Labute approximate surface area is 246 Å². The zero-order chi connectivity index (χ0) is 31.6. The summed E-state index contributed by atoms with van der Waals surface area (Å²) in [6, 6.07) is 14.1. The van der Waals surface area contributed by atoms with Crippen LogP contribution < -0.4 is 10.1 Å². The summed E-state index contributed by atoms with van der Waals surface area (Å²) in [5.41, 5.74) is -1.63. The number of benzene rings is 3. The van der Waals surface area contributed by atoms with Gasteiger partial charge in [0.05, 0.1) is 24.7 Å². The van der Waals surface area contributed by atoms with Gasteiger partial charge in [0.25, 0.3) is 5.91 Å². The van der Waals surface area contributed by atoms with Crippen LogP contribution in [0.1, 0.15) is 78.6 Å². The van der Waals surface area contributed by atoms with Gasteiger partial charge in [-0.2, -0.15) is 26.3 Å². The van der Waals surface area contributed by atoms with Gasteiger partial charge in [0.2, 0.25) is 0 Å². The highest BCUT2D eigenvalue weighted by atomic mass is 19.4. The summed E-state index contributed by atoms with van der Waals surface area (Å²) >= 11 is 0. The summed E-state index contributed by atoms with van der Waals surface area (Å²) in [5, 5.41) is 2.65. The van der Waals surface area contributed by atoms with Crippen molar-refractivity contribution in [2.75, 3.05) is 13.7 Å². The predicted octanol–water partition coefficient (Wildman–Crippen LogP) is 8.77. The minimum atomic E-state index is -4.94. The van der Waals surface area contributed by atoms with E-state index in [2.05, 4.69) is 17.0 Å². The molecule has 3 aromatic carbocycles. The molecule has 0 aliphatic carbocycles. The van der Waals surface area contributed by atoms with Gasteiger partial charge in [-0.3, -0.25) is 9.59 Å². The molecule has 0 fully saturated rings. The number of ether oxygens (including phenoxy) is 2. The summed E-state index contributed by atoms with van der Waals surface area (Å²) in [6.45, 7) is 2.22. The lowest BCUT2D eigenvalue weighted by molar-refractivity contribution is -0.143. The molecule has 0 aliphatic rings. The van der Waals surface area contributed by atoms with E-state index in [4.69, 9.17) is 4.74 Å². The minimum Gasteiger partial charge on any atom is -0.486 e. The molecule has 43 heavy (non-hydrogen) atoms. The normalized spacial score (nSPS) is 12.5. The monoisotopic (exact) mass is 609 g/mol. The average Bonchev–Trinajstić information content (AvgIpc) is 2.98. The topological polar surface area (TPSA) is 64.6 Å². The van der Waals surface area contributed by atoms with Gasteiger partial charge in [0.15, 0.2) is 0 Å². The van der Waals surface area contributed by atoms with E-state index >= 15 is 0 Å². The molecule has 3 aromatic rings. The third kappa shape index (κ3) is 10.0. The molecule has 1 amide bonds. The largest absolute Gasteiger partial charge is 0.486 e. The van der Waals surface area contributed by atoms with Crippen LogP contribution in [0.2, 0.25) is 0 Å². The second kappa shape index (κ2) is 14.9. The molecule has 1 N–H and O–H groups in total. The summed E-state index contributed by atoms with van der Waals surface area (Å²) in [7, 11) is 1.27. The number of hydrogen-bond acceptors (Lipinski definition) is 4. The molecule has 0 radical (unpaired) electrons. The fourth-order valence-corrected chi connectivity index (χ4v) is 4.39. The predicted molar refractivity (Wildman–Crippen MR) is 149 cm³/mol. The van der Waals surface area contributed by atoms with Crippen LogP contribution in [0.4, 0.5) is 26.3 Å². The van der Waals surface area contributed by atoms with Crippen LogP contribution in [0.3, 0.4) is 0 Å². The van der Waals surface area contributed by atoms with Crippen LogP contribution in [0.25, 0.3) is 11.1 Å². The van der Waals surface area contributed by atoms with E-state index in [9.17, 15) is 35.9 Å². The Morgan fingerprint density at radius 3 is 1.93 bits per heavy atom. The van der Waals surface area contributed by atoms with Gasteiger partial charge in [-0.15, -0.1) is 0 Å². The maximum absolute atomic E-state index is 13.3. The highest BCUT2D eigenvalue weighted by molar-refractivity contribution is 5.94. The second-order valence-corrected chi connectivity index (χ2v) is 9.98. The van der Waals surface area contributed by atoms with Gasteiger partial charge in [0, 0.05) is 12.1 Å². The molecule has 0 saturated carbocycles. The van der Waals surface area contributed by atoms with Crippen LogP contribution in [0, 0.1) is 0 Å². The molecule has 0 saturated heterocycles. The number of halogens is 6. The smallest absolute Gasteiger partial charge is 0.416 e. The molecule has 0 heterocycles. The molecule has 1 unspecified atom stereocenters. The van der Waals surface area contributed by atoms with Crippen molar-refractivity contribution in [3.8, 4) is 16.9 Å². The van der Waals surface area contributed by atoms with Crippen molar-refractivity contribution in [3.05, 3.63) is 89.0 Å². The van der Waals surface area contributed by atoms with Gasteiger partial charge in [-0.05, 0) is 72.0 Å². The Bertz CT molecular complexity index is 1320. The number of carbonyl (C=O) groups is 2. The third-order valence-corrected chi connectivity index (χ3v) is 6.76. The van der Waals surface area contributed by atoms with Gasteiger partial charge < -0.3 is 14.8 Å². The molecular weight excluding hydrogens is 576 g/mol. The zero-order valence-corrected chi connectivity index (χ0v) is 23.8. The SMILES string of the molecule is CCCCCCC(Oc1ccc(-c2cc(C(F)(F)F)cc(C(F)(F)F)c2)cc1)c1ccc(C(=O)NCCC(=O)OC)cc1. The fraction of sp³-hybridized carbons (Fsp3) is 0.375. The quantitative estimate of drug-likeness (QED) is 0.120. The summed E-state index contributed by atoms with van der Waals surface area (Å²) < 4.78 is 90.6. The Hall–Kier alpha value is -4.02. The van der Waals surface area contributed by atoms with Crippen LogP contribution in [0.5, 0.6) is 5.75 Å². The van der Waals surface area contributed by atoms with Gasteiger partial charge >= 0.3 is 18.3 Å². The van der Waals surface area contributed by atoms with Crippen LogP contribution in [-0.2, 0) is 21.9 Å². The number of hydrogen-bond donors (Lipinski definition) is 1. The molecule has 1 atom stereocenters. The van der Waals surface area contributed by atoms with Gasteiger partial charge in [0.1, 0.15) is 11.9 Å². The van der Waals surface area contributed by atoms with Crippen molar-refractivity contribution < 1.29 is 45.4 Å². The van der Waals surface area contributed by atoms with E-state index < -0.39 is 35.6 Å². The van der Waals surface area contributed by atoms with E-state index in [-0.39, 0.29) is 36.1 Å². The number of rotatable bonds is 13. The Balaban J connectivity index is 1.79. The van der Waals surface area contributed by atoms with Gasteiger partial charge in [-0.25, -0.2) is 0 Å². The zero-order valence-electron chi connectivity index (χ0n) is 23.8. The Morgan fingerprint density at radius 2 is 1.40 bits per heavy atom. The van der Waals surface area contributed by atoms with Crippen molar-refractivity contribution >= 4 is 11.9 Å². The minimum absolute atomic E-state index is 0.0457.